The Morgan fingerprint density at radius 3 is 2.37 bits per heavy atom. The number of fused-ring (bicyclic) bond motifs is 1. The van der Waals surface area contributed by atoms with Gasteiger partial charge in [-0.1, -0.05) is 47.5 Å². The van der Waals surface area contributed by atoms with Crippen LogP contribution in [-0.4, -0.2) is 65.1 Å². The fourth-order valence-electron chi connectivity index (χ4n) is 5.22. The van der Waals surface area contributed by atoms with Crippen molar-refractivity contribution in [3.05, 3.63) is 63.4 Å². The molecule has 4 rings (SSSR count). The quantitative estimate of drug-likeness (QED) is 0.376. The molecule has 2 aromatic rings. The lowest BCUT2D eigenvalue weighted by Crippen LogP contribution is -2.56. The number of likely N-dealkylation sites (tertiary alicyclic amines) is 1. The summed E-state index contributed by atoms with van der Waals surface area (Å²) in [6.07, 6.45) is 3.37. The molecule has 2 aromatic carbocycles. The third kappa shape index (κ3) is 7.55. The second-order valence-corrected chi connectivity index (χ2v) is 11.1. The standard InChI is InChI=1S/C29H34Cl2FN5O4/c30-20-8-9-21(27(32)26(20)31)34-28(40)22(12-13-33)35-29(41)23-16-18-6-2-3-7-19(18)17-37(23)25(39)11-10-24(38)36-14-4-1-5-15-36/h2-3,6-9,22-23H,1,4-5,10-17,33H2,(H,34,40)(H,35,41)/t22?,23-/m0/s1. The van der Waals surface area contributed by atoms with Crippen molar-refractivity contribution in [1.82, 2.24) is 15.1 Å². The first-order chi connectivity index (χ1) is 19.7. The number of nitrogens with zero attached hydrogens (tertiary/aromatic N) is 2. The Kier molecular flexibility index (Phi) is 10.6. The zero-order valence-electron chi connectivity index (χ0n) is 22.6. The second kappa shape index (κ2) is 14.1. The van der Waals surface area contributed by atoms with Crippen LogP contribution in [0.4, 0.5) is 10.1 Å². The molecular weight excluding hydrogens is 572 g/mol. The summed E-state index contributed by atoms with van der Waals surface area (Å²) in [6.45, 7) is 1.67. The molecule has 2 heterocycles. The molecule has 0 aromatic heterocycles. The number of amides is 4. The second-order valence-electron chi connectivity index (χ2n) is 10.3. The maximum Gasteiger partial charge on any atom is 0.247 e. The van der Waals surface area contributed by atoms with Gasteiger partial charge in [0.25, 0.3) is 0 Å². The van der Waals surface area contributed by atoms with Crippen LogP contribution in [0.3, 0.4) is 0 Å². The van der Waals surface area contributed by atoms with Crippen LogP contribution in [0, 0.1) is 5.82 Å². The van der Waals surface area contributed by atoms with Crippen LogP contribution in [0.25, 0.3) is 0 Å². The van der Waals surface area contributed by atoms with Crippen LogP contribution in [0.2, 0.25) is 10.0 Å². The maximum absolute atomic E-state index is 14.5. The molecule has 1 saturated heterocycles. The van der Waals surface area contributed by atoms with Gasteiger partial charge in [-0.25, -0.2) is 4.39 Å². The number of benzene rings is 2. The molecule has 4 N–H and O–H groups in total. The Hall–Kier alpha value is -3.21. The van der Waals surface area contributed by atoms with Crippen LogP contribution in [0.1, 0.15) is 49.7 Å². The molecule has 2 aliphatic heterocycles. The average Bonchev–Trinajstić information content (AvgIpc) is 2.99. The predicted octanol–water partition coefficient (Wildman–Crippen LogP) is 3.65. The molecule has 0 radical (unpaired) electrons. The number of halogens is 3. The van der Waals surface area contributed by atoms with Crippen LogP contribution < -0.4 is 16.4 Å². The molecule has 12 heteroatoms. The normalized spacial score (nSPS) is 17.4. The minimum Gasteiger partial charge on any atom is -0.343 e. The Bertz CT molecular complexity index is 1300. The zero-order chi connectivity index (χ0) is 29.5. The van der Waals surface area contributed by atoms with Gasteiger partial charge in [0.1, 0.15) is 12.1 Å². The number of hydrogen-bond donors (Lipinski definition) is 3. The summed E-state index contributed by atoms with van der Waals surface area (Å²) in [7, 11) is 0. The lowest BCUT2D eigenvalue weighted by molar-refractivity contribution is -0.144. The van der Waals surface area contributed by atoms with E-state index in [1.807, 2.05) is 24.3 Å². The van der Waals surface area contributed by atoms with Crippen LogP contribution in [0.15, 0.2) is 36.4 Å². The Balaban J connectivity index is 1.48. The molecule has 0 bridgehead atoms. The summed E-state index contributed by atoms with van der Waals surface area (Å²) in [5.41, 5.74) is 7.35. The van der Waals surface area contributed by atoms with Gasteiger partial charge in [-0.2, -0.15) is 0 Å². The van der Waals surface area contributed by atoms with Crippen molar-refractivity contribution in [3.63, 3.8) is 0 Å². The molecule has 41 heavy (non-hydrogen) atoms. The average molecular weight is 607 g/mol. The molecule has 1 fully saturated rings. The number of anilines is 1. The molecule has 4 amide bonds. The molecule has 1 unspecified atom stereocenters. The van der Waals surface area contributed by atoms with E-state index in [1.165, 1.54) is 17.0 Å². The van der Waals surface area contributed by atoms with Crippen molar-refractivity contribution in [2.45, 2.75) is 63.6 Å². The van der Waals surface area contributed by atoms with Gasteiger partial charge in [0.2, 0.25) is 23.6 Å². The predicted molar refractivity (Wildman–Crippen MR) is 155 cm³/mol. The molecule has 0 spiro atoms. The number of rotatable bonds is 9. The lowest BCUT2D eigenvalue weighted by Gasteiger charge is -2.37. The number of hydrogen-bond acceptors (Lipinski definition) is 5. The highest BCUT2D eigenvalue weighted by atomic mass is 35.5. The minimum absolute atomic E-state index is 0.00561. The topological polar surface area (TPSA) is 125 Å². The largest absolute Gasteiger partial charge is 0.343 e. The first-order valence-corrected chi connectivity index (χ1v) is 14.5. The van der Waals surface area contributed by atoms with Crippen molar-refractivity contribution in [2.75, 3.05) is 25.0 Å². The van der Waals surface area contributed by atoms with Gasteiger partial charge in [0.15, 0.2) is 5.82 Å². The third-order valence-electron chi connectivity index (χ3n) is 7.51. The van der Waals surface area contributed by atoms with E-state index in [9.17, 15) is 23.6 Å². The highest BCUT2D eigenvalue weighted by Gasteiger charge is 2.36. The molecule has 2 atom stereocenters. The lowest BCUT2D eigenvalue weighted by atomic mass is 9.92. The third-order valence-corrected chi connectivity index (χ3v) is 8.30. The smallest absolute Gasteiger partial charge is 0.247 e. The van der Waals surface area contributed by atoms with Gasteiger partial charge < -0.3 is 26.2 Å². The van der Waals surface area contributed by atoms with E-state index in [2.05, 4.69) is 10.6 Å². The monoisotopic (exact) mass is 605 g/mol. The SMILES string of the molecule is NCCC(NC(=O)[C@@H]1Cc2ccccc2CN1C(=O)CCC(=O)N1CCCCC1)C(=O)Nc1ccc(Cl)c(Cl)c1F. The van der Waals surface area contributed by atoms with Gasteiger partial charge in [0.05, 0.1) is 15.7 Å². The number of carbonyl (C=O) groups excluding carboxylic acids is 4. The zero-order valence-corrected chi connectivity index (χ0v) is 24.1. The first kappa shape index (κ1) is 30.7. The fraction of sp³-hybridized carbons (Fsp3) is 0.448. The van der Waals surface area contributed by atoms with Gasteiger partial charge >= 0.3 is 0 Å². The Morgan fingerprint density at radius 2 is 1.66 bits per heavy atom. The van der Waals surface area contributed by atoms with E-state index in [1.54, 1.807) is 4.90 Å². The number of carbonyl (C=O) groups is 4. The van der Waals surface area contributed by atoms with E-state index in [0.29, 0.717) is 13.1 Å². The fourth-order valence-corrected chi connectivity index (χ4v) is 5.53. The summed E-state index contributed by atoms with van der Waals surface area (Å²) in [4.78, 5) is 56.0. The van der Waals surface area contributed by atoms with Crippen molar-refractivity contribution in [1.29, 1.82) is 0 Å². The summed E-state index contributed by atoms with van der Waals surface area (Å²) in [5, 5.41) is 4.80. The molecule has 2 aliphatic rings. The summed E-state index contributed by atoms with van der Waals surface area (Å²) < 4.78 is 14.5. The number of nitrogens with one attached hydrogen (secondary N) is 2. The van der Waals surface area contributed by atoms with Crippen molar-refractivity contribution < 1.29 is 23.6 Å². The van der Waals surface area contributed by atoms with Crippen LogP contribution in [0.5, 0.6) is 0 Å². The number of nitrogens with two attached hydrogens (primary N) is 1. The summed E-state index contributed by atoms with van der Waals surface area (Å²) in [5.74, 6) is -2.51. The highest BCUT2D eigenvalue weighted by Crippen LogP contribution is 2.30. The summed E-state index contributed by atoms with van der Waals surface area (Å²) >= 11 is 11.7. The van der Waals surface area contributed by atoms with Gasteiger partial charge in [-0.05, 0) is 55.5 Å². The number of piperidine rings is 1. The first-order valence-electron chi connectivity index (χ1n) is 13.8. The van der Waals surface area contributed by atoms with Crippen LogP contribution in [-0.2, 0) is 32.1 Å². The van der Waals surface area contributed by atoms with E-state index >= 15 is 0 Å². The van der Waals surface area contributed by atoms with Gasteiger partial charge in [-0.3, -0.25) is 19.2 Å². The summed E-state index contributed by atoms with van der Waals surface area (Å²) in [6, 6.07) is 8.14. The molecule has 220 valence electrons. The Labute approximate surface area is 248 Å². The van der Waals surface area contributed by atoms with Gasteiger partial charge in [-0.15, -0.1) is 0 Å². The molecular formula is C29H34Cl2FN5O4. The van der Waals surface area contributed by atoms with E-state index in [4.69, 9.17) is 28.9 Å². The van der Waals surface area contributed by atoms with Crippen molar-refractivity contribution in [3.8, 4) is 0 Å². The van der Waals surface area contributed by atoms with Gasteiger partial charge in [0, 0.05) is 38.9 Å². The molecule has 0 saturated carbocycles. The van der Waals surface area contributed by atoms with Crippen molar-refractivity contribution in [2.24, 2.45) is 5.73 Å². The maximum atomic E-state index is 14.5. The molecule has 0 aliphatic carbocycles. The van der Waals surface area contributed by atoms with E-state index in [-0.39, 0.29) is 66.3 Å². The Morgan fingerprint density at radius 1 is 0.976 bits per heavy atom. The van der Waals surface area contributed by atoms with Crippen LogP contribution >= 0.6 is 23.2 Å². The highest BCUT2D eigenvalue weighted by molar-refractivity contribution is 6.42. The van der Waals surface area contributed by atoms with Crippen molar-refractivity contribution >= 4 is 52.5 Å². The molecule has 9 nitrogen and oxygen atoms in total. The minimum atomic E-state index is -1.10. The van der Waals surface area contributed by atoms with E-state index in [0.717, 1.165) is 30.4 Å². The van der Waals surface area contributed by atoms with E-state index < -0.39 is 29.7 Å².